The second-order valence-corrected chi connectivity index (χ2v) is 5.34. The van der Waals surface area contributed by atoms with Gasteiger partial charge >= 0.3 is 0 Å². The molecule has 0 saturated carbocycles. The van der Waals surface area contributed by atoms with Gasteiger partial charge in [0.15, 0.2) is 0 Å². The smallest absolute Gasteiger partial charge is 0.120 e. The van der Waals surface area contributed by atoms with Gasteiger partial charge in [0.05, 0.1) is 12.3 Å². The lowest BCUT2D eigenvalue weighted by Crippen LogP contribution is -2.23. The number of halogens is 1. The highest BCUT2D eigenvalue weighted by Crippen LogP contribution is 2.24. The molecule has 2 atom stereocenters. The second kappa shape index (κ2) is 6.21. The standard InChI is InChI=1S/C15H18BrNO/c1-3-14(12-6-4-7-13(16)10-12)17-11(2)15-8-5-9-18-15/h4-11,14,17H,3H2,1-2H3/t11-,14?/m1/s1. The van der Waals surface area contributed by atoms with Crippen molar-refractivity contribution in [3.05, 3.63) is 58.5 Å². The number of nitrogens with one attached hydrogen (secondary N) is 1. The summed E-state index contributed by atoms with van der Waals surface area (Å²) in [5.41, 5.74) is 1.30. The number of furan rings is 1. The van der Waals surface area contributed by atoms with E-state index in [2.05, 4.69) is 53.3 Å². The van der Waals surface area contributed by atoms with Gasteiger partial charge in [-0.05, 0) is 43.2 Å². The van der Waals surface area contributed by atoms with Crippen LogP contribution < -0.4 is 5.32 Å². The third kappa shape index (κ3) is 3.24. The van der Waals surface area contributed by atoms with Crippen LogP contribution in [0.3, 0.4) is 0 Å². The molecule has 0 saturated heterocycles. The van der Waals surface area contributed by atoms with Crippen LogP contribution >= 0.6 is 15.9 Å². The van der Waals surface area contributed by atoms with Crippen LogP contribution in [0.15, 0.2) is 51.6 Å². The highest BCUT2D eigenvalue weighted by atomic mass is 79.9. The molecule has 1 N–H and O–H groups in total. The SMILES string of the molecule is CCC(N[C@H](C)c1ccco1)c1cccc(Br)c1. The highest BCUT2D eigenvalue weighted by Gasteiger charge is 2.15. The Kier molecular flexibility index (Phi) is 4.61. The van der Waals surface area contributed by atoms with E-state index in [-0.39, 0.29) is 6.04 Å². The summed E-state index contributed by atoms with van der Waals surface area (Å²) >= 11 is 3.52. The molecule has 0 aliphatic heterocycles. The molecule has 0 bridgehead atoms. The van der Waals surface area contributed by atoms with Crippen LogP contribution in [-0.2, 0) is 0 Å². The molecule has 0 aliphatic carbocycles. The van der Waals surface area contributed by atoms with E-state index in [1.807, 2.05) is 18.2 Å². The molecule has 0 spiro atoms. The molecule has 0 amide bonds. The predicted octanol–water partition coefficient (Wildman–Crippen LogP) is 4.84. The summed E-state index contributed by atoms with van der Waals surface area (Å²) in [4.78, 5) is 0. The van der Waals surface area contributed by atoms with Crippen LogP contribution in [0.25, 0.3) is 0 Å². The molecule has 96 valence electrons. The zero-order valence-corrected chi connectivity index (χ0v) is 12.3. The summed E-state index contributed by atoms with van der Waals surface area (Å²) in [6.45, 7) is 4.31. The first-order valence-electron chi connectivity index (χ1n) is 6.25. The van der Waals surface area contributed by atoms with Crippen LogP contribution in [0.5, 0.6) is 0 Å². The van der Waals surface area contributed by atoms with E-state index in [0.29, 0.717) is 6.04 Å². The van der Waals surface area contributed by atoms with Gasteiger partial charge in [-0.15, -0.1) is 0 Å². The molecule has 18 heavy (non-hydrogen) atoms. The summed E-state index contributed by atoms with van der Waals surface area (Å²) < 4.78 is 6.55. The molecule has 0 radical (unpaired) electrons. The molecule has 2 aromatic rings. The topological polar surface area (TPSA) is 25.2 Å². The largest absolute Gasteiger partial charge is 0.468 e. The lowest BCUT2D eigenvalue weighted by Gasteiger charge is -2.21. The summed E-state index contributed by atoms with van der Waals surface area (Å²) in [7, 11) is 0. The van der Waals surface area contributed by atoms with Crippen LogP contribution in [0.4, 0.5) is 0 Å². The van der Waals surface area contributed by atoms with Crippen LogP contribution in [0.2, 0.25) is 0 Å². The van der Waals surface area contributed by atoms with Gasteiger partial charge in [-0.25, -0.2) is 0 Å². The van der Waals surface area contributed by atoms with E-state index < -0.39 is 0 Å². The number of rotatable bonds is 5. The zero-order valence-electron chi connectivity index (χ0n) is 10.7. The normalized spacial score (nSPS) is 14.4. The van der Waals surface area contributed by atoms with Gasteiger partial charge in [-0.1, -0.05) is 35.0 Å². The first kappa shape index (κ1) is 13.4. The third-order valence-corrected chi connectivity index (χ3v) is 3.57. The number of benzene rings is 1. The summed E-state index contributed by atoms with van der Waals surface area (Å²) in [5, 5.41) is 3.60. The van der Waals surface area contributed by atoms with Crippen molar-refractivity contribution in [2.24, 2.45) is 0 Å². The van der Waals surface area contributed by atoms with Gasteiger partial charge in [0.2, 0.25) is 0 Å². The Morgan fingerprint density at radius 3 is 2.72 bits per heavy atom. The Morgan fingerprint density at radius 2 is 2.11 bits per heavy atom. The van der Waals surface area contributed by atoms with Crippen LogP contribution in [0, 0.1) is 0 Å². The average Bonchev–Trinajstić information content (AvgIpc) is 2.89. The van der Waals surface area contributed by atoms with Crippen molar-refractivity contribution in [1.29, 1.82) is 0 Å². The van der Waals surface area contributed by atoms with E-state index in [0.717, 1.165) is 16.7 Å². The molecule has 0 fully saturated rings. The number of hydrogen-bond donors (Lipinski definition) is 1. The lowest BCUT2D eigenvalue weighted by molar-refractivity contribution is 0.387. The van der Waals surface area contributed by atoms with E-state index >= 15 is 0 Å². The quantitative estimate of drug-likeness (QED) is 0.854. The van der Waals surface area contributed by atoms with Crippen molar-refractivity contribution >= 4 is 15.9 Å². The molecular weight excluding hydrogens is 290 g/mol. The molecule has 0 aliphatic rings. The Morgan fingerprint density at radius 1 is 1.28 bits per heavy atom. The van der Waals surface area contributed by atoms with Crippen molar-refractivity contribution < 1.29 is 4.42 Å². The van der Waals surface area contributed by atoms with Crippen molar-refractivity contribution in [2.45, 2.75) is 32.4 Å². The lowest BCUT2D eigenvalue weighted by atomic mass is 10.0. The van der Waals surface area contributed by atoms with Gasteiger partial charge in [-0.2, -0.15) is 0 Å². The Labute approximate surface area is 117 Å². The zero-order chi connectivity index (χ0) is 13.0. The van der Waals surface area contributed by atoms with Gasteiger partial charge in [0.1, 0.15) is 5.76 Å². The fraction of sp³-hybridized carbons (Fsp3) is 0.333. The maximum absolute atomic E-state index is 5.43. The van der Waals surface area contributed by atoms with Crippen LogP contribution in [-0.4, -0.2) is 0 Å². The van der Waals surface area contributed by atoms with Gasteiger partial charge in [-0.3, -0.25) is 0 Å². The Hall–Kier alpha value is -1.06. The van der Waals surface area contributed by atoms with Crippen molar-refractivity contribution in [2.75, 3.05) is 0 Å². The molecule has 2 nitrogen and oxygen atoms in total. The monoisotopic (exact) mass is 307 g/mol. The Balaban J connectivity index is 2.10. The molecule has 3 heteroatoms. The van der Waals surface area contributed by atoms with E-state index in [1.54, 1.807) is 6.26 Å². The minimum atomic E-state index is 0.212. The van der Waals surface area contributed by atoms with Gasteiger partial charge < -0.3 is 9.73 Å². The first-order chi connectivity index (χ1) is 8.70. The fourth-order valence-corrected chi connectivity index (χ4v) is 2.51. The maximum atomic E-state index is 5.43. The molecule has 1 aromatic carbocycles. The van der Waals surface area contributed by atoms with E-state index in [9.17, 15) is 0 Å². The van der Waals surface area contributed by atoms with Gasteiger partial charge in [0, 0.05) is 10.5 Å². The first-order valence-corrected chi connectivity index (χ1v) is 7.05. The summed E-state index contributed by atoms with van der Waals surface area (Å²) in [6.07, 6.45) is 2.76. The molecule has 1 heterocycles. The molecule has 1 unspecified atom stereocenters. The highest BCUT2D eigenvalue weighted by molar-refractivity contribution is 9.10. The van der Waals surface area contributed by atoms with Crippen LogP contribution in [0.1, 0.15) is 43.7 Å². The van der Waals surface area contributed by atoms with E-state index in [1.165, 1.54) is 5.56 Å². The van der Waals surface area contributed by atoms with Crippen molar-refractivity contribution in [1.82, 2.24) is 5.32 Å². The molecular formula is C15H18BrNO. The Bertz CT molecular complexity index is 481. The summed E-state index contributed by atoms with van der Waals surface area (Å²) in [6, 6.07) is 12.9. The molecule has 2 rings (SSSR count). The molecule has 1 aromatic heterocycles. The van der Waals surface area contributed by atoms with Crippen molar-refractivity contribution in [3.8, 4) is 0 Å². The third-order valence-electron chi connectivity index (χ3n) is 3.08. The predicted molar refractivity (Wildman–Crippen MR) is 77.4 cm³/mol. The maximum Gasteiger partial charge on any atom is 0.120 e. The average molecular weight is 308 g/mol. The minimum absolute atomic E-state index is 0.212. The second-order valence-electron chi connectivity index (χ2n) is 4.42. The summed E-state index contributed by atoms with van der Waals surface area (Å²) in [5.74, 6) is 0.975. The number of hydrogen-bond acceptors (Lipinski definition) is 2. The van der Waals surface area contributed by atoms with E-state index in [4.69, 9.17) is 4.42 Å². The van der Waals surface area contributed by atoms with Crippen molar-refractivity contribution in [3.63, 3.8) is 0 Å². The minimum Gasteiger partial charge on any atom is -0.468 e. The fourth-order valence-electron chi connectivity index (χ4n) is 2.09. The van der Waals surface area contributed by atoms with Gasteiger partial charge in [0.25, 0.3) is 0 Å².